The van der Waals surface area contributed by atoms with Crippen LogP contribution in [0.15, 0.2) is 0 Å². The van der Waals surface area contributed by atoms with Gasteiger partial charge in [0.05, 0.1) is 18.7 Å². The number of rotatable bonds is 3. The summed E-state index contributed by atoms with van der Waals surface area (Å²) in [7, 11) is 1.66. The molecule has 2 saturated heterocycles. The minimum Gasteiger partial charge on any atom is -0.383 e. The van der Waals surface area contributed by atoms with Gasteiger partial charge in [0.15, 0.2) is 0 Å². The number of hydrogen-bond acceptors (Lipinski definition) is 3. The largest absolute Gasteiger partial charge is 0.383 e. The van der Waals surface area contributed by atoms with Crippen LogP contribution in [0.4, 0.5) is 4.79 Å². The average molecular weight is 199 g/mol. The van der Waals surface area contributed by atoms with Gasteiger partial charge < -0.3 is 20.3 Å². The molecule has 2 N–H and O–H groups in total. The minimum absolute atomic E-state index is 0.0563. The van der Waals surface area contributed by atoms with Gasteiger partial charge in [-0.2, -0.15) is 0 Å². The molecule has 0 aromatic heterocycles. The molecule has 2 rings (SSSR count). The lowest BCUT2D eigenvalue weighted by molar-refractivity contribution is 0.138. The Bertz CT molecular complexity index is 222. The highest BCUT2D eigenvalue weighted by molar-refractivity contribution is 5.77. The lowest BCUT2D eigenvalue weighted by atomic mass is 10.0. The maximum Gasteiger partial charge on any atom is 0.318 e. The van der Waals surface area contributed by atoms with E-state index in [1.165, 1.54) is 0 Å². The van der Waals surface area contributed by atoms with E-state index >= 15 is 0 Å². The molecular formula is C9H17N3O2. The predicted octanol–water partition coefficient (Wildman–Crippen LogP) is -0.611. The highest BCUT2D eigenvalue weighted by Crippen LogP contribution is 2.18. The smallest absolute Gasteiger partial charge is 0.318 e. The van der Waals surface area contributed by atoms with Gasteiger partial charge >= 0.3 is 6.03 Å². The summed E-state index contributed by atoms with van der Waals surface area (Å²) < 4.78 is 4.99. The van der Waals surface area contributed by atoms with Crippen molar-refractivity contribution in [3.8, 4) is 0 Å². The van der Waals surface area contributed by atoms with Gasteiger partial charge in [-0.1, -0.05) is 0 Å². The molecule has 5 nitrogen and oxygen atoms in total. The van der Waals surface area contributed by atoms with Crippen LogP contribution in [0, 0.1) is 0 Å². The molecule has 0 saturated carbocycles. The van der Waals surface area contributed by atoms with Crippen molar-refractivity contribution in [2.45, 2.75) is 18.5 Å². The maximum atomic E-state index is 11.6. The average Bonchev–Trinajstić information content (AvgIpc) is 2.51. The zero-order chi connectivity index (χ0) is 9.97. The molecule has 2 heterocycles. The van der Waals surface area contributed by atoms with E-state index in [4.69, 9.17) is 4.74 Å². The molecule has 0 aromatic rings. The number of urea groups is 1. The van der Waals surface area contributed by atoms with Crippen molar-refractivity contribution in [1.29, 1.82) is 0 Å². The third kappa shape index (κ3) is 1.69. The third-order valence-electron chi connectivity index (χ3n) is 2.95. The first-order valence-electron chi connectivity index (χ1n) is 5.09. The second-order valence-corrected chi connectivity index (χ2v) is 3.80. The zero-order valence-electron chi connectivity index (χ0n) is 8.45. The summed E-state index contributed by atoms with van der Waals surface area (Å²) in [6, 6.07) is 0.702. The number of piperidine rings is 1. The van der Waals surface area contributed by atoms with E-state index in [0.29, 0.717) is 19.2 Å². The number of nitrogens with one attached hydrogen (secondary N) is 2. The first kappa shape index (κ1) is 9.73. The van der Waals surface area contributed by atoms with Crippen LogP contribution in [0.25, 0.3) is 0 Å². The molecule has 0 aliphatic carbocycles. The molecule has 2 aliphatic rings. The quantitative estimate of drug-likeness (QED) is 0.637. The molecular weight excluding hydrogens is 182 g/mol. The van der Waals surface area contributed by atoms with Crippen LogP contribution in [0.5, 0.6) is 0 Å². The maximum absolute atomic E-state index is 11.6. The summed E-state index contributed by atoms with van der Waals surface area (Å²) in [6.07, 6.45) is 1.03. The number of carbonyl (C=O) groups is 1. The predicted molar refractivity (Wildman–Crippen MR) is 52.2 cm³/mol. The molecule has 0 aromatic carbocycles. The first-order valence-corrected chi connectivity index (χ1v) is 5.09. The van der Waals surface area contributed by atoms with Gasteiger partial charge in [-0.25, -0.2) is 4.79 Å². The molecule has 0 bridgehead atoms. The monoisotopic (exact) mass is 199 g/mol. The number of methoxy groups -OCH3 is 1. The van der Waals surface area contributed by atoms with Crippen molar-refractivity contribution in [3.05, 3.63) is 0 Å². The fraction of sp³-hybridized carbons (Fsp3) is 0.889. The van der Waals surface area contributed by atoms with Crippen molar-refractivity contribution in [2.24, 2.45) is 0 Å². The Hall–Kier alpha value is -0.810. The van der Waals surface area contributed by atoms with Crippen LogP contribution in [0.3, 0.4) is 0 Å². The fourth-order valence-electron chi connectivity index (χ4n) is 2.21. The minimum atomic E-state index is 0.0563. The van der Waals surface area contributed by atoms with Crippen molar-refractivity contribution < 1.29 is 9.53 Å². The van der Waals surface area contributed by atoms with Gasteiger partial charge in [-0.15, -0.1) is 0 Å². The summed E-state index contributed by atoms with van der Waals surface area (Å²) in [5.74, 6) is 0. The van der Waals surface area contributed by atoms with Gasteiger partial charge in [0.1, 0.15) is 0 Å². The van der Waals surface area contributed by atoms with Gasteiger partial charge in [-0.05, 0) is 13.0 Å². The van der Waals surface area contributed by atoms with E-state index in [-0.39, 0.29) is 12.1 Å². The number of fused-ring (bicyclic) bond motifs is 1. The van der Waals surface area contributed by atoms with Gasteiger partial charge in [0, 0.05) is 20.2 Å². The highest BCUT2D eigenvalue weighted by Gasteiger charge is 2.39. The first-order chi connectivity index (χ1) is 6.83. The standard InChI is InChI=1S/C9H17N3O2/c1-14-5-4-12-8-2-3-10-6-7(8)11-9(12)13/h7-8,10H,2-6H2,1H3,(H,11,13)/t7-,8-/m0/s1. The number of amides is 2. The van der Waals surface area contributed by atoms with Crippen LogP contribution in [0.1, 0.15) is 6.42 Å². The van der Waals surface area contributed by atoms with E-state index in [1.807, 2.05) is 4.90 Å². The van der Waals surface area contributed by atoms with E-state index in [2.05, 4.69) is 10.6 Å². The zero-order valence-corrected chi connectivity index (χ0v) is 8.45. The van der Waals surface area contributed by atoms with E-state index in [0.717, 1.165) is 19.5 Å². The van der Waals surface area contributed by atoms with Gasteiger partial charge in [0.2, 0.25) is 0 Å². The topological polar surface area (TPSA) is 53.6 Å². The summed E-state index contributed by atoms with van der Waals surface area (Å²) >= 11 is 0. The Kier molecular flexibility index (Phi) is 2.88. The van der Waals surface area contributed by atoms with E-state index in [1.54, 1.807) is 7.11 Å². The summed E-state index contributed by atoms with van der Waals surface area (Å²) in [6.45, 7) is 3.20. The van der Waals surface area contributed by atoms with Crippen molar-refractivity contribution in [1.82, 2.24) is 15.5 Å². The molecule has 2 fully saturated rings. The third-order valence-corrected chi connectivity index (χ3v) is 2.95. The summed E-state index contributed by atoms with van der Waals surface area (Å²) in [5, 5.41) is 6.26. The van der Waals surface area contributed by atoms with Crippen molar-refractivity contribution in [2.75, 3.05) is 33.4 Å². The van der Waals surface area contributed by atoms with Crippen LogP contribution >= 0.6 is 0 Å². The SMILES string of the molecule is COCCN1C(=O)N[C@H]2CNCC[C@@H]21. The van der Waals surface area contributed by atoms with Crippen LogP contribution in [-0.4, -0.2) is 56.4 Å². The summed E-state index contributed by atoms with van der Waals surface area (Å²) in [4.78, 5) is 13.5. The lowest BCUT2D eigenvalue weighted by Gasteiger charge is -2.30. The Balaban J connectivity index is 1.96. The Morgan fingerprint density at radius 2 is 2.50 bits per heavy atom. The molecule has 2 amide bonds. The Labute approximate surface area is 83.8 Å². The fourth-order valence-corrected chi connectivity index (χ4v) is 2.21. The molecule has 0 spiro atoms. The normalized spacial score (nSPS) is 31.5. The van der Waals surface area contributed by atoms with Gasteiger partial charge in [-0.3, -0.25) is 0 Å². The van der Waals surface area contributed by atoms with Crippen molar-refractivity contribution >= 4 is 6.03 Å². The van der Waals surface area contributed by atoms with Crippen molar-refractivity contribution in [3.63, 3.8) is 0 Å². The summed E-state index contributed by atoms with van der Waals surface area (Å²) in [5.41, 5.74) is 0. The lowest BCUT2D eigenvalue weighted by Crippen LogP contribution is -2.49. The van der Waals surface area contributed by atoms with Gasteiger partial charge in [0.25, 0.3) is 0 Å². The molecule has 80 valence electrons. The van der Waals surface area contributed by atoms with Crippen LogP contribution < -0.4 is 10.6 Å². The molecule has 5 heteroatoms. The van der Waals surface area contributed by atoms with E-state index in [9.17, 15) is 4.79 Å². The number of hydrogen-bond donors (Lipinski definition) is 2. The van der Waals surface area contributed by atoms with Crippen LogP contribution in [0.2, 0.25) is 0 Å². The molecule has 14 heavy (non-hydrogen) atoms. The Morgan fingerprint density at radius 3 is 3.29 bits per heavy atom. The number of carbonyl (C=O) groups excluding carboxylic acids is 1. The number of ether oxygens (including phenoxy) is 1. The van der Waals surface area contributed by atoms with Crippen LogP contribution in [-0.2, 0) is 4.74 Å². The number of nitrogens with zero attached hydrogens (tertiary/aromatic N) is 1. The second-order valence-electron chi connectivity index (χ2n) is 3.80. The Morgan fingerprint density at radius 1 is 1.64 bits per heavy atom. The molecule has 0 unspecified atom stereocenters. The molecule has 2 aliphatic heterocycles. The molecule has 2 atom stereocenters. The highest BCUT2D eigenvalue weighted by atomic mass is 16.5. The van der Waals surface area contributed by atoms with E-state index < -0.39 is 0 Å². The molecule has 0 radical (unpaired) electrons. The second kappa shape index (κ2) is 4.14.